The highest BCUT2D eigenvalue weighted by molar-refractivity contribution is 8.00. The summed E-state index contributed by atoms with van der Waals surface area (Å²) in [6.07, 6.45) is 0.378. The second-order valence-corrected chi connectivity index (χ2v) is 8.93. The number of ether oxygens (including phenoxy) is 1. The summed E-state index contributed by atoms with van der Waals surface area (Å²) in [5.74, 6) is 0.715. The average Bonchev–Trinajstić information content (AvgIpc) is 3.00. The van der Waals surface area contributed by atoms with Crippen LogP contribution in [0.15, 0.2) is 24.3 Å². The molecule has 142 valence electrons. The molecular weight excluding hydrogens is 348 g/mol. The monoisotopic (exact) mass is 376 g/mol. The summed E-state index contributed by atoms with van der Waals surface area (Å²) in [5.41, 5.74) is 2.53. The van der Waals surface area contributed by atoms with Crippen LogP contribution in [-0.2, 0) is 19.7 Å². The van der Waals surface area contributed by atoms with Crippen molar-refractivity contribution in [3.63, 3.8) is 0 Å². The van der Waals surface area contributed by atoms with Crippen LogP contribution in [0.4, 0.5) is 0 Å². The number of thioether (sulfide) groups is 1. The third-order valence-electron chi connectivity index (χ3n) is 4.96. The lowest BCUT2D eigenvalue weighted by Gasteiger charge is -2.29. The molecule has 0 aliphatic carbocycles. The van der Waals surface area contributed by atoms with Crippen LogP contribution in [0, 0.1) is 0 Å². The van der Waals surface area contributed by atoms with Crippen LogP contribution in [0.1, 0.15) is 43.7 Å². The van der Waals surface area contributed by atoms with E-state index in [1.54, 1.807) is 11.8 Å². The maximum absolute atomic E-state index is 12.4. The topological polar surface area (TPSA) is 49.9 Å². The zero-order valence-electron chi connectivity index (χ0n) is 15.9. The second-order valence-electron chi connectivity index (χ2n) is 7.87. The van der Waals surface area contributed by atoms with Gasteiger partial charge in [-0.3, -0.25) is 9.59 Å². The fourth-order valence-corrected chi connectivity index (χ4v) is 4.53. The molecule has 2 aliphatic rings. The number of benzene rings is 1. The van der Waals surface area contributed by atoms with Crippen molar-refractivity contribution < 1.29 is 14.3 Å². The highest BCUT2D eigenvalue weighted by Crippen LogP contribution is 2.39. The number of hydrogen-bond acceptors (Lipinski definition) is 4. The molecule has 6 heteroatoms. The van der Waals surface area contributed by atoms with E-state index in [4.69, 9.17) is 4.74 Å². The minimum absolute atomic E-state index is 0.00834. The van der Waals surface area contributed by atoms with E-state index >= 15 is 0 Å². The van der Waals surface area contributed by atoms with Gasteiger partial charge in [-0.2, -0.15) is 0 Å². The lowest BCUT2D eigenvalue weighted by molar-refractivity contribution is -0.136. The molecule has 2 aliphatic heterocycles. The van der Waals surface area contributed by atoms with E-state index in [0.29, 0.717) is 45.0 Å². The second kappa shape index (κ2) is 8.01. The molecular formula is C20H28N2O3S. The van der Waals surface area contributed by atoms with Gasteiger partial charge in [0.15, 0.2) is 0 Å². The van der Waals surface area contributed by atoms with Crippen molar-refractivity contribution in [2.75, 3.05) is 38.6 Å². The number of morpholine rings is 1. The Morgan fingerprint density at radius 3 is 2.46 bits per heavy atom. The quantitative estimate of drug-likeness (QED) is 0.811. The largest absolute Gasteiger partial charge is 0.378 e. The predicted molar refractivity (Wildman–Crippen MR) is 104 cm³/mol. The molecule has 2 saturated heterocycles. The predicted octanol–water partition coefficient (Wildman–Crippen LogP) is 2.81. The van der Waals surface area contributed by atoms with Crippen LogP contribution < -0.4 is 0 Å². The van der Waals surface area contributed by atoms with Crippen LogP contribution in [0.5, 0.6) is 0 Å². The molecule has 1 atom stereocenters. The van der Waals surface area contributed by atoms with Crippen LogP contribution >= 0.6 is 11.8 Å². The van der Waals surface area contributed by atoms with Crippen molar-refractivity contribution >= 4 is 23.6 Å². The SMILES string of the molecule is CC(C)(C)c1ccc(C2SCC(=O)N2CCC(=O)N2CCOCC2)cc1. The van der Waals surface area contributed by atoms with Gasteiger partial charge in [0, 0.05) is 26.1 Å². The Kier molecular flexibility index (Phi) is 5.92. The summed E-state index contributed by atoms with van der Waals surface area (Å²) in [6.45, 7) is 9.57. The zero-order valence-corrected chi connectivity index (χ0v) is 16.7. The van der Waals surface area contributed by atoms with Crippen molar-refractivity contribution in [2.24, 2.45) is 0 Å². The summed E-state index contributed by atoms with van der Waals surface area (Å²) in [7, 11) is 0. The minimum Gasteiger partial charge on any atom is -0.378 e. The summed E-state index contributed by atoms with van der Waals surface area (Å²) >= 11 is 1.64. The molecule has 0 aromatic heterocycles. The number of amides is 2. The molecule has 26 heavy (non-hydrogen) atoms. The molecule has 0 saturated carbocycles. The van der Waals surface area contributed by atoms with Crippen molar-refractivity contribution in [1.82, 2.24) is 9.80 Å². The average molecular weight is 377 g/mol. The summed E-state index contributed by atoms with van der Waals surface area (Å²) < 4.78 is 5.29. The molecule has 2 heterocycles. The van der Waals surface area contributed by atoms with Crippen molar-refractivity contribution in [3.8, 4) is 0 Å². The van der Waals surface area contributed by atoms with Crippen LogP contribution in [0.3, 0.4) is 0 Å². The van der Waals surface area contributed by atoms with Gasteiger partial charge in [0.05, 0.1) is 19.0 Å². The number of carbonyl (C=O) groups is 2. The van der Waals surface area contributed by atoms with Gasteiger partial charge < -0.3 is 14.5 Å². The first kappa shape index (κ1) is 19.2. The fraction of sp³-hybridized carbons (Fsp3) is 0.600. The first-order chi connectivity index (χ1) is 12.4. The minimum atomic E-state index is 0.00834. The summed E-state index contributed by atoms with van der Waals surface area (Å²) in [6, 6.07) is 8.53. The van der Waals surface area contributed by atoms with Crippen LogP contribution in [0.25, 0.3) is 0 Å². The molecule has 3 rings (SSSR count). The van der Waals surface area contributed by atoms with E-state index in [0.717, 1.165) is 5.56 Å². The maximum atomic E-state index is 12.4. The lowest BCUT2D eigenvalue weighted by Crippen LogP contribution is -2.42. The fourth-order valence-electron chi connectivity index (χ4n) is 3.31. The maximum Gasteiger partial charge on any atom is 0.233 e. The Hall–Kier alpha value is -1.53. The number of hydrogen-bond donors (Lipinski definition) is 0. The number of nitrogens with zero attached hydrogens (tertiary/aromatic N) is 2. The Bertz CT molecular complexity index is 648. The highest BCUT2D eigenvalue weighted by Gasteiger charge is 2.33. The zero-order chi connectivity index (χ0) is 18.7. The van der Waals surface area contributed by atoms with E-state index in [1.807, 2.05) is 9.80 Å². The van der Waals surface area contributed by atoms with Crippen LogP contribution in [-0.4, -0.2) is 60.2 Å². The highest BCUT2D eigenvalue weighted by atomic mass is 32.2. The summed E-state index contributed by atoms with van der Waals surface area (Å²) in [5, 5.41) is 0.00834. The molecule has 1 aromatic rings. The van der Waals surface area contributed by atoms with E-state index in [1.165, 1.54) is 5.56 Å². The van der Waals surface area contributed by atoms with Gasteiger partial charge in [-0.1, -0.05) is 45.0 Å². The molecule has 0 bridgehead atoms. The van der Waals surface area contributed by atoms with Gasteiger partial charge >= 0.3 is 0 Å². The van der Waals surface area contributed by atoms with E-state index < -0.39 is 0 Å². The summed E-state index contributed by atoms with van der Waals surface area (Å²) in [4.78, 5) is 28.4. The Balaban J connectivity index is 1.64. The van der Waals surface area contributed by atoms with Crippen molar-refractivity contribution in [2.45, 2.75) is 38.0 Å². The van der Waals surface area contributed by atoms with Gasteiger partial charge in [-0.25, -0.2) is 0 Å². The molecule has 2 amide bonds. The van der Waals surface area contributed by atoms with Crippen molar-refractivity contribution in [1.29, 1.82) is 0 Å². The Morgan fingerprint density at radius 1 is 1.19 bits per heavy atom. The Labute approximate surface area is 160 Å². The molecule has 1 aromatic carbocycles. The van der Waals surface area contributed by atoms with Crippen LogP contribution in [0.2, 0.25) is 0 Å². The van der Waals surface area contributed by atoms with Crippen molar-refractivity contribution in [3.05, 3.63) is 35.4 Å². The van der Waals surface area contributed by atoms with Gasteiger partial charge in [-0.15, -0.1) is 11.8 Å². The Morgan fingerprint density at radius 2 is 1.85 bits per heavy atom. The molecule has 0 spiro atoms. The van der Waals surface area contributed by atoms with E-state index in [9.17, 15) is 9.59 Å². The number of rotatable bonds is 4. The third-order valence-corrected chi connectivity index (χ3v) is 6.22. The first-order valence-corrected chi connectivity index (χ1v) is 10.3. The van der Waals surface area contributed by atoms with Gasteiger partial charge in [-0.05, 0) is 16.5 Å². The lowest BCUT2D eigenvalue weighted by atomic mass is 9.86. The molecule has 2 fully saturated rings. The normalized spacial score (nSPS) is 21.3. The molecule has 0 N–H and O–H groups in total. The first-order valence-electron chi connectivity index (χ1n) is 9.23. The van der Waals surface area contributed by atoms with E-state index in [2.05, 4.69) is 45.0 Å². The molecule has 1 unspecified atom stereocenters. The third kappa shape index (κ3) is 4.41. The van der Waals surface area contributed by atoms with Gasteiger partial charge in [0.25, 0.3) is 0 Å². The van der Waals surface area contributed by atoms with Gasteiger partial charge in [0.2, 0.25) is 11.8 Å². The standard InChI is InChI=1S/C20H28N2O3S/c1-20(2,3)16-6-4-15(5-7-16)19-22(18(24)14-26-19)9-8-17(23)21-10-12-25-13-11-21/h4-7,19H,8-14H2,1-3H3. The molecule has 5 nitrogen and oxygen atoms in total. The van der Waals surface area contributed by atoms with Gasteiger partial charge in [0.1, 0.15) is 5.37 Å². The van der Waals surface area contributed by atoms with E-state index in [-0.39, 0.29) is 22.6 Å². The smallest absolute Gasteiger partial charge is 0.233 e. The number of carbonyl (C=O) groups excluding carboxylic acids is 2. The molecule has 0 radical (unpaired) electrons.